The maximum absolute atomic E-state index is 13.3. The van der Waals surface area contributed by atoms with Crippen molar-refractivity contribution in [2.45, 2.75) is 32.2 Å². The van der Waals surface area contributed by atoms with E-state index >= 15 is 0 Å². The molecule has 0 radical (unpaired) electrons. The van der Waals surface area contributed by atoms with Gasteiger partial charge in [0, 0.05) is 37.0 Å². The van der Waals surface area contributed by atoms with Gasteiger partial charge in [-0.15, -0.1) is 0 Å². The average Bonchev–Trinajstić information content (AvgIpc) is 3.28. The molecule has 2 aliphatic heterocycles. The molecule has 5 heterocycles. The number of ether oxygens (including phenoxy) is 1. The summed E-state index contributed by atoms with van der Waals surface area (Å²) in [4.78, 5) is 5.81. The molecule has 5 rings (SSSR count). The van der Waals surface area contributed by atoms with Gasteiger partial charge in [-0.2, -0.15) is 15.5 Å². The number of hydrogen-bond donors (Lipinski definition) is 1. The first-order valence-electron chi connectivity index (χ1n) is 11.0. The Hall–Kier alpha value is -3.42. The highest BCUT2D eigenvalue weighted by Gasteiger charge is 2.23. The Morgan fingerprint density at radius 1 is 1.38 bits per heavy atom. The molecule has 9 nitrogen and oxygen atoms in total. The third kappa shape index (κ3) is 4.13. The van der Waals surface area contributed by atoms with E-state index < -0.39 is 12.3 Å². The van der Waals surface area contributed by atoms with Gasteiger partial charge in [0.15, 0.2) is 6.19 Å². The van der Waals surface area contributed by atoms with Crippen molar-refractivity contribution in [1.29, 1.82) is 5.26 Å². The molecule has 11 heteroatoms. The van der Waals surface area contributed by atoms with Crippen LogP contribution in [0.15, 0.2) is 35.6 Å². The molecule has 0 amide bonds. The molecule has 0 spiro atoms. The van der Waals surface area contributed by atoms with Crippen LogP contribution in [-0.2, 0) is 13.0 Å². The number of fused-ring (bicyclic) bond motifs is 2. The summed E-state index contributed by atoms with van der Waals surface area (Å²) in [6, 6.07) is 1.84. The van der Waals surface area contributed by atoms with Crippen LogP contribution in [0.3, 0.4) is 0 Å². The highest BCUT2D eigenvalue weighted by atomic mass is 35.5. The fraction of sp³-hybridized carbons (Fsp3) is 0.391. The van der Waals surface area contributed by atoms with E-state index in [0.29, 0.717) is 41.6 Å². The Morgan fingerprint density at radius 3 is 3.00 bits per heavy atom. The molecule has 3 aromatic rings. The number of aromatic nitrogens is 4. The van der Waals surface area contributed by atoms with E-state index in [-0.39, 0.29) is 13.2 Å². The van der Waals surface area contributed by atoms with Crippen molar-refractivity contribution >= 4 is 22.8 Å². The molecule has 1 N–H and O–H groups in total. The Morgan fingerprint density at radius 2 is 2.24 bits per heavy atom. The molecule has 2 aliphatic rings. The van der Waals surface area contributed by atoms with Gasteiger partial charge in [-0.05, 0) is 30.7 Å². The predicted octanol–water partition coefficient (Wildman–Crippen LogP) is 2.59. The number of alkyl halides is 1. The van der Waals surface area contributed by atoms with Gasteiger partial charge in [0.05, 0.1) is 35.7 Å². The molecule has 0 aromatic carbocycles. The average molecular weight is 484 g/mol. The third-order valence-electron chi connectivity index (χ3n) is 6.13. The summed E-state index contributed by atoms with van der Waals surface area (Å²) in [7, 11) is 0. The van der Waals surface area contributed by atoms with Crippen LogP contribution in [0.1, 0.15) is 11.3 Å². The summed E-state index contributed by atoms with van der Waals surface area (Å²) >= 11 is 6.36. The molecule has 176 valence electrons. The maximum Gasteiger partial charge on any atom is 0.179 e. The first-order valence-corrected chi connectivity index (χ1v) is 11.4. The molecule has 34 heavy (non-hydrogen) atoms. The Kier molecular flexibility index (Phi) is 5.98. The Balaban J connectivity index is 1.46. The van der Waals surface area contributed by atoms with Gasteiger partial charge in [-0.3, -0.25) is 9.67 Å². The number of aliphatic hydroxyl groups is 1. The van der Waals surface area contributed by atoms with Crippen molar-refractivity contribution in [3.05, 3.63) is 46.9 Å². The zero-order valence-electron chi connectivity index (χ0n) is 18.5. The van der Waals surface area contributed by atoms with Crippen LogP contribution in [0.2, 0.25) is 5.02 Å². The maximum atomic E-state index is 13.3. The topological polar surface area (TPSA) is 104 Å². The second-order valence-electron chi connectivity index (χ2n) is 8.33. The van der Waals surface area contributed by atoms with E-state index in [2.05, 4.69) is 16.3 Å². The second-order valence-corrected chi connectivity index (χ2v) is 8.73. The number of aliphatic hydroxyl groups excluding tert-OH is 1. The van der Waals surface area contributed by atoms with Crippen molar-refractivity contribution in [3.8, 4) is 23.2 Å². The molecule has 0 bridgehead atoms. The molecule has 0 saturated carbocycles. The van der Waals surface area contributed by atoms with E-state index in [1.165, 1.54) is 18.3 Å². The number of nitriles is 1. The number of rotatable bonds is 5. The van der Waals surface area contributed by atoms with Gasteiger partial charge in [0.2, 0.25) is 0 Å². The molecule has 2 unspecified atom stereocenters. The second kappa shape index (κ2) is 9.08. The minimum Gasteiger partial charge on any atom is -0.488 e. The van der Waals surface area contributed by atoms with Crippen LogP contribution in [0.4, 0.5) is 4.39 Å². The zero-order valence-corrected chi connectivity index (χ0v) is 19.3. The van der Waals surface area contributed by atoms with Gasteiger partial charge in [-0.25, -0.2) is 8.91 Å². The molecular formula is C23H23ClFN7O2. The largest absolute Gasteiger partial charge is 0.488 e. The minimum absolute atomic E-state index is 0.00648. The van der Waals surface area contributed by atoms with Crippen LogP contribution in [0, 0.1) is 18.4 Å². The quantitative estimate of drug-likeness (QED) is 0.559. The number of dihydropyridines is 1. The van der Waals surface area contributed by atoms with Gasteiger partial charge in [-0.1, -0.05) is 11.6 Å². The van der Waals surface area contributed by atoms with Crippen LogP contribution in [0.25, 0.3) is 16.8 Å². The van der Waals surface area contributed by atoms with Crippen molar-refractivity contribution < 1.29 is 14.2 Å². The number of pyridine rings is 1. The lowest BCUT2D eigenvalue weighted by Gasteiger charge is -2.17. The third-order valence-corrected chi connectivity index (χ3v) is 6.41. The lowest BCUT2D eigenvalue weighted by molar-refractivity contribution is 0.159. The Labute approximate surface area is 200 Å². The first-order chi connectivity index (χ1) is 16.4. The highest BCUT2D eigenvalue weighted by molar-refractivity contribution is 6.34. The first kappa shape index (κ1) is 22.4. The predicted molar refractivity (Wildman–Crippen MR) is 125 cm³/mol. The summed E-state index contributed by atoms with van der Waals surface area (Å²) < 4.78 is 22.8. The van der Waals surface area contributed by atoms with Gasteiger partial charge in [0.25, 0.3) is 0 Å². The van der Waals surface area contributed by atoms with Crippen molar-refractivity contribution in [2.24, 2.45) is 4.99 Å². The molecule has 0 fully saturated rings. The zero-order chi connectivity index (χ0) is 23.8. The lowest BCUT2D eigenvalue weighted by atomic mass is 10.1. The van der Waals surface area contributed by atoms with Crippen LogP contribution >= 0.6 is 11.6 Å². The summed E-state index contributed by atoms with van der Waals surface area (Å²) in [5.41, 5.74) is 4.67. The van der Waals surface area contributed by atoms with E-state index in [1.807, 2.05) is 23.9 Å². The monoisotopic (exact) mass is 483 g/mol. The van der Waals surface area contributed by atoms with Crippen molar-refractivity contribution in [2.75, 3.05) is 26.2 Å². The number of nitrogens with zero attached hydrogens (tertiary/aromatic N) is 7. The fourth-order valence-corrected chi connectivity index (χ4v) is 4.52. The van der Waals surface area contributed by atoms with Gasteiger partial charge < -0.3 is 14.7 Å². The number of hydrogen-bond acceptors (Lipinski definition) is 7. The summed E-state index contributed by atoms with van der Waals surface area (Å²) in [6.45, 7) is 3.84. The van der Waals surface area contributed by atoms with Crippen LogP contribution in [-0.4, -0.2) is 73.6 Å². The number of halogens is 2. The van der Waals surface area contributed by atoms with Crippen molar-refractivity contribution in [1.82, 2.24) is 24.3 Å². The van der Waals surface area contributed by atoms with Crippen molar-refractivity contribution in [3.63, 3.8) is 0 Å². The molecule has 0 aliphatic carbocycles. The van der Waals surface area contributed by atoms with Gasteiger partial charge in [0.1, 0.15) is 30.1 Å². The van der Waals surface area contributed by atoms with Gasteiger partial charge >= 0.3 is 0 Å². The lowest BCUT2D eigenvalue weighted by Crippen LogP contribution is -2.29. The molecule has 0 saturated heterocycles. The Bertz CT molecular complexity index is 1340. The normalized spacial score (nSPS) is 18.9. The highest BCUT2D eigenvalue weighted by Crippen LogP contribution is 2.34. The van der Waals surface area contributed by atoms with Crippen LogP contribution < -0.4 is 4.74 Å². The van der Waals surface area contributed by atoms with Crippen LogP contribution in [0.5, 0.6) is 5.75 Å². The fourth-order valence-electron chi connectivity index (χ4n) is 4.30. The van der Waals surface area contributed by atoms with E-state index in [4.69, 9.17) is 21.4 Å². The standard InChI is InChI=1S/C23H23ClFN7O2/c1-14-19-4-5-30(13-26)6-7-31(19)29-22(14)15-8-21(23-17(24)10-28-32(23)11-15)34-12-20(33)18-3-2-16(25)9-27-18/h2-3,8,10-11,16,20,33H,4-7,9,12H2,1H3. The van der Waals surface area contributed by atoms with E-state index in [9.17, 15) is 14.8 Å². The summed E-state index contributed by atoms with van der Waals surface area (Å²) in [6.07, 6.45) is 7.03. The molecular weight excluding hydrogens is 461 g/mol. The summed E-state index contributed by atoms with van der Waals surface area (Å²) in [5.74, 6) is 0.445. The molecule has 3 aromatic heterocycles. The van der Waals surface area contributed by atoms with E-state index in [1.54, 1.807) is 9.42 Å². The smallest absolute Gasteiger partial charge is 0.179 e. The SMILES string of the molecule is Cc1c(-c2cc(OCC(O)C3=NCC(F)C=C3)c3c(Cl)cnn3c2)nn2c1CCN(C#N)CC2. The number of aliphatic imine (C=N–C) groups is 1. The minimum atomic E-state index is -1.13. The molecule has 2 atom stereocenters. The van der Waals surface area contributed by atoms with E-state index in [0.717, 1.165) is 28.9 Å². The summed E-state index contributed by atoms with van der Waals surface area (Å²) in [5, 5.41) is 29.3.